The second kappa shape index (κ2) is 8.26. The summed E-state index contributed by atoms with van der Waals surface area (Å²) in [5.41, 5.74) is 6.57. The number of methoxy groups -OCH3 is 1. The van der Waals surface area contributed by atoms with Crippen molar-refractivity contribution in [3.63, 3.8) is 0 Å². The monoisotopic (exact) mass is 378 g/mol. The van der Waals surface area contributed by atoms with Crippen LogP contribution >= 0.6 is 0 Å². The SMILES string of the molecule is COc1ccc2c(c1)CCCC2CC(=O)NCc1ccc2c(c1)CCCN2C. The molecular weight excluding hydrogens is 348 g/mol. The highest BCUT2D eigenvalue weighted by Crippen LogP contribution is 2.35. The first-order chi connectivity index (χ1) is 13.6. The molecule has 4 rings (SSSR count). The van der Waals surface area contributed by atoms with Gasteiger partial charge in [0.2, 0.25) is 5.91 Å². The maximum atomic E-state index is 12.6. The molecule has 1 unspecified atom stereocenters. The number of hydrogen-bond acceptors (Lipinski definition) is 3. The number of anilines is 1. The summed E-state index contributed by atoms with van der Waals surface area (Å²) in [6, 6.07) is 12.9. The third kappa shape index (κ3) is 4.01. The molecule has 1 aliphatic carbocycles. The average molecular weight is 379 g/mol. The molecule has 2 aromatic rings. The van der Waals surface area contributed by atoms with Gasteiger partial charge in [-0.2, -0.15) is 0 Å². The molecule has 1 atom stereocenters. The first kappa shape index (κ1) is 18.9. The van der Waals surface area contributed by atoms with Crippen LogP contribution in [0.5, 0.6) is 5.75 Å². The van der Waals surface area contributed by atoms with E-state index in [4.69, 9.17) is 4.74 Å². The van der Waals surface area contributed by atoms with Crippen LogP contribution in [-0.2, 0) is 24.2 Å². The predicted octanol–water partition coefficient (Wildman–Crippen LogP) is 4.20. The van der Waals surface area contributed by atoms with Crippen LogP contribution in [0.1, 0.15) is 53.9 Å². The largest absolute Gasteiger partial charge is 0.497 e. The van der Waals surface area contributed by atoms with Gasteiger partial charge in [0, 0.05) is 32.2 Å². The second-order valence-electron chi connectivity index (χ2n) is 8.12. The molecule has 1 N–H and O–H groups in total. The lowest BCUT2D eigenvalue weighted by atomic mass is 9.81. The predicted molar refractivity (Wildman–Crippen MR) is 113 cm³/mol. The van der Waals surface area contributed by atoms with Crippen LogP contribution in [0.2, 0.25) is 0 Å². The fraction of sp³-hybridized carbons (Fsp3) is 0.458. The van der Waals surface area contributed by atoms with E-state index < -0.39 is 0 Å². The first-order valence-electron chi connectivity index (χ1n) is 10.4. The van der Waals surface area contributed by atoms with E-state index in [1.807, 2.05) is 6.07 Å². The van der Waals surface area contributed by atoms with E-state index in [9.17, 15) is 4.79 Å². The molecule has 2 aliphatic rings. The molecule has 0 spiro atoms. The fourth-order valence-electron chi connectivity index (χ4n) is 4.68. The molecule has 1 aliphatic heterocycles. The van der Waals surface area contributed by atoms with Gasteiger partial charge < -0.3 is 15.0 Å². The van der Waals surface area contributed by atoms with E-state index >= 15 is 0 Å². The van der Waals surface area contributed by atoms with Gasteiger partial charge in [-0.3, -0.25) is 4.79 Å². The molecule has 0 saturated carbocycles. The van der Waals surface area contributed by atoms with Gasteiger partial charge >= 0.3 is 0 Å². The molecule has 0 saturated heterocycles. The number of nitrogens with zero attached hydrogens (tertiary/aromatic N) is 1. The smallest absolute Gasteiger partial charge is 0.220 e. The lowest BCUT2D eigenvalue weighted by Gasteiger charge is -2.28. The van der Waals surface area contributed by atoms with Crippen molar-refractivity contribution < 1.29 is 9.53 Å². The molecule has 1 amide bonds. The van der Waals surface area contributed by atoms with E-state index in [2.05, 4.69) is 47.6 Å². The van der Waals surface area contributed by atoms with Gasteiger partial charge in [-0.1, -0.05) is 18.2 Å². The minimum absolute atomic E-state index is 0.142. The summed E-state index contributed by atoms with van der Waals surface area (Å²) in [5, 5.41) is 3.14. The Morgan fingerprint density at radius 2 is 2.00 bits per heavy atom. The number of fused-ring (bicyclic) bond motifs is 2. The zero-order valence-corrected chi connectivity index (χ0v) is 17.0. The average Bonchev–Trinajstić information content (AvgIpc) is 2.72. The van der Waals surface area contributed by atoms with Crippen LogP contribution < -0.4 is 15.0 Å². The highest BCUT2D eigenvalue weighted by Gasteiger charge is 2.23. The molecule has 28 heavy (non-hydrogen) atoms. The minimum Gasteiger partial charge on any atom is -0.497 e. The molecule has 4 heteroatoms. The van der Waals surface area contributed by atoms with E-state index in [-0.39, 0.29) is 5.91 Å². The third-order valence-electron chi connectivity index (χ3n) is 6.20. The van der Waals surface area contributed by atoms with Crippen molar-refractivity contribution in [2.75, 3.05) is 25.6 Å². The molecule has 148 valence electrons. The van der Waals surface area contributed by atoms with Crippen molar-refractivity contribution in [3.8, 4) is 5.75 Å². The zero-order chi connectivity index (χ0) is 19.5. The van der Waals surface area contributed by atoms with E-state index in [0.29, 0.717) is 18.9 Å². The van der Waals surface area contributed by atoms with E-state index in [0.717, 1.165) is 38.0 Å². The lowest BCUT2D eigenvalue weighted by Crippen LogP contribution is -2.27. The Bertz CT molecular complexity index is 862. The Kier molecular flexibility index (Phi) is 5.56. The summed E-state index contributed by atoms with van der Waals surface area (Å²) in [7, 11) is 3.85. The Hall–Kier alpha value is -2.49. The number of amides is 1. The zero-order valence-electron chi connectivity index (χ0n) is 17.0. The Morgan fingerprint density at radius 1 is 1.14 bits per heavy atom. The number of aryl methyl sites for hydroxylation is 2. The van der Waals surface area contributed by atoms with Crippen LogP contribution in [0.3, 0.4) is 0 Å². The third-order valence-corrected chi connectivity index (χ3v) is 6.20. The Balaban J connectivity index is 1.37. The van der Waals surface area contributed by atoms with Crippen molar-refractivity contribution in [1.82, 2.24) is 5.32 Å². The first-order valence-corrected chi connectivity index (χ1v) is 10.4. The van der Waals surface area contributed by atoms with Crippen LogP contribution in [0.4, 0.5) is 5.69 Å². The molecule has 4 nitrogen and oxygen atoms in total. The topological polar surface area (TPSA) is 41.6 Å². The number of benzene rings is 2. The molecule has 0 bridgehead atoms. The van der Waals surface area contributed by atoms with Crippen molar-refractivity contribution >= 4 is 11.6 Å². The van der Waals surface area contributed by atoms with Crippen LogP contribution in [-0.4, -0.2) is 26.6 Å². The number of rotatable bonds is 5. The van der Waals surface area contributed by atoms with Gasteiger partial charge in [-0.15, -0.1) is 0 Å². The number of hydrogen-bond donors (Lipinski definition) is 1. The molecule has 0 radical (unpaired) electrons. The maximum absolute atomic E-state index is 12.6. The molecule has 0 aromatic heterocycles. The van der Waals surface area contributed by atoms with Gasteiger partial charge in [-0.25, -0.2) is 0 Å². The highest BCUT2D eigenvalue weighted by atomic mass is 16.5. The van der Waals surface area contributed by atoms with Gasteiger partial charge in [0.25, 0.3) is 0 Å². The van der Waals surface area contributed by atoms with Crippen LogP contribution in [0.15, 0.2) is 36.4 Å². The summed E-state index contributed by atoms with van der Waals surface area (Å²) in [4.78, 5) is 14.9. The van der Waals surface area contributed by atoms with Crippen molar-refractivity contribution in [3.05, 3.63) is 58.7 Å². The molecular formula is C24H30N2O2. The van der Waals surface area contributed by atoms with Crippen molar-refractivity contribution in [2.45, 2.75) is 51.0 Å². The minimum atomic E-state index is 0.142. The van der Waals surface area contributed by atoms with Crippen molar-refractivity contribution in [2.24, 2.45) is 0 Å². The number of carbonyl (C=O) groups excluding carboxylic acids is 1. The number of ether oxygens (including phenoxy) is 1. The summed E-state index contributed by atoms with van der Waals surface area (Å²) in [5.74, 6) is 1.36. The number of nitrogens with one attached hydrogen (secondary N) is 1. The maximum Gasteiger partial charge on any atom is 0.220 e. The summed E-state index contributed by atoms with van der Waals surface area (Å²) >= 11 is 0. The van der Waals surface area contributed by atoms with E-state index in [1.165, 1.54) is 34.4 Å². The van der Waals surface area contributed by atoms with E-state index in [1.54, 1.807) is 7.11 Å². The van der Waals surface area contributed by atoms with Gasteiger partial charge in [0.05, 0.1) is 7.11 Å². The Labute approximate surface area is 167 Å². The van der Waals surface area contributed by atoms with Gasteiger partial charge in [0.1, 0.15) is 5.75 Å². The number of carbonyl (C=O) groups is 1. The fourth-order valence-corrected chi connectivity index (χ4v) is 4.68. The standard InChI is InChI=1S/C24H30N2O2/c1-26-12-4-7-20-13-17(8-11-23(20)26)16-25-24(27)15-19-6-3-5-18-14-21(28-2)9-10-22(18)19/h8-11,13-14,19H,3-7,12,15-16H2,1-2H3,(H,25,27). The Morgan fingerprint density at radius 3 is 2.86 bits per heavy atom. The van der Waals surface area contributed by atoms with Crippen molar-refractivity contribution in [1.29, 1.82) is 0 Å². The lowest BCUT2D eigenvalue weighted by molar-refractivity contribution is -0.121. The van der Waals surface area contributed by atoms with Gasteiger partial charge in [0.15, 0.2) is 0 Å². The summed E-state index contributed by atoms with van der Waals surface area (Å²) in [6.07, 6.45) is 6.19. The quantitative estimate of drug-likeness (QED) is 0.848. The molecule has 2 aromatic carbocycles. The van der Waals surface area contributed by atoms with Crippen LogP contribution in [0.25, 0.3) is 0 Å². The van der Waals surface area contributed by atoms with Gasteiger partial charge in [-0.05, 0) is 78.5 Å². The summed E-state index contributed by atoms with van der Waals surface area (Å²) in [6.45, 7) is 1.73. The normalized spacial score (nSPS) is 18.2. The second-order valence-corrected chi connectivity index (χ2v) is 8.12. The molecule has 1 heterocycles. The molecule has 0 fully saturated rings. The summed E-state index contributed by atoms with van der Waals surface area (Å²) < 4.78 is 5.35. The van der Waals surface area contributed by atoms with Crippen LogP contribution in [0, 0.1) is 0 Å². The highest BCUT2D eigenvalue weighted by molar-refractivity contribution is 5.77.